The van der Waals surface area contributed by atoms with Crippen LogP contribution in [0.3, 0.4) is 0 Å². The van der Waals surface area contributed by atoms with Gasteiger partial charge in [0.05, 0.1) is 5.56 Å². The Morgan fingerprint density at radius 1 is 1.35 bits per heavy atom. The highest BCUT2D eigenvalue weighted by atomic mass is 16.4. The van der Waals surface area contributed by atoms with Gasteiger partial charge in [-0.25, -0.2) is 4.79 Å². The Bertz CT molecular complexity index is 541. The van der Waals surface area contributed by atoms with Gasteiger partial charge in [0, 0.05) is 6.54 Å². The monoisotopic (exact) mass is 277 g/mol. The second-order valence-electron chi connectivity index (χ2n) is 5.50. The third-order valence-electron chi connectivity index (χ3n) is 3.79. The average molecular weight is 277 g/mol. The first-order valence-electron chi connectivity index (χ1n) is 6.73. The van der Waals surface area contributed by atoms with Crippen molar-refractivity contribution in [1.82, 2.24) is 4.90 Å². The van der Waals surface area contributed by atoms with Gasteiger partial charge in [0.2, 0.25) is 0 Å². The van der Waals surface area contributed by atoms with Gasteiger partial charge in [-0.3, -0.25) is 4.79 Å². The van der Waals surface area contributed by atoms with E-state index in [4.69, 9.17) is 0 Å². The number of likely N-dealkylation sites (tertiary alicyclic amines) is 1. The zero-order valence-electron chi connectivity index (χ0n) is 11.7. The lowest BCUT2D eigenvalue weighted by atomic mass is 9.91. The molecule has 0 saturated carbocycles. The number of carbonyl (C=O) groups is 2. The van der Waals surface area contributed by atoms with Crippen molar-refractivity contribution in [2.75, 3.05) is 6.54 Å². The fourth-order valence-electron chi connectivity index (χ4n) is 2.60. The number of benzene rings is 1. The smallest absolute Gasteiger partial charge is 0.326 e. The Hall–Kier alpha value is -2.04. The molecule has 0 bridgehead atoms. The van der Waals surface area contributed by atoms with Crippen LogP contribution in [0.5, 0.6) is 5.75 Å². The van der Waals surface area contributed by atoms with E-state index in [1.807, 2.05) is 13.8 Å². The van der Waals surface area contributed by atoms with Gasteiger partial charge in [-0.15, -0.1) is 0 Å². The molecule has 1 amide bonds. The molecule has 0 spiro atoms. The number of phenolic OH excluding ortho intramolecular Hbond substituents is 1. The molecule has 2 atom stereocenters. The highest BCUT2D eigenvalue weighted by Crippen LogP contribution is 2.27. The lowest BCUT2D eigenvalue weighted by Crippen LogP contribution is -2.49. The summed E-state index contributed by atoms with van der Waals surface area (Å²) in [5, 5.41) is 19.2. The number of carboxylic acids is 1. The molecule has 1 aromatic carbocycles. The van der Waals surface area contributed by atoms with Crippen molar-refractivity contribution in [2.24, 2.45) is 5.92 Å². The van der Waals surface area contributed by atoms with E-state index in [0.29, 0.717) is 13.0 Å². The normalized spacial score (nSPS) is 22.6. The van der Waals surface area contributed by atoms with Crippen molar-refractivity contribution in [2.45, 2.75) is 32.7 Å². The lowest BCUT2D eigenvalue weighted by molar-refractivity contribution is -0.144. The average Bonchev–Trinajstić information content (AvgIpc) is 2.37. The van der Waals surface area contributed by atoms with Crippen molar-refractivity contribution < 1.29 is 19.8 Å². The molecule has 1 fully saturated rings. The summed E-state index contributed by atoms with van der Waals surface area (Å²) in [5.74, 6) is -1.22. The topological polar surface area (TPSA) is 77.8 Å². The number of aryl methyl sites for hydroxylation is 1. The largest absolute Gasteiger partial charge is 0.507 e. The number of carboxylic acid groups (broad SMARTS) is 1. The summed E-state index contributed by atoms with van der Waals surface area (Å²) in [5.41, 5.74) is 1.01. The van der Waals surface area contributed by atoms with E-state index in [1.54, 1.807) is 12.1 Å². The second-order valence-corrected chi connectivity index (χ2v) is 5.50. The molecule has 2 unspecified atom stereocenters. The van der Waals surface area contributed by atoms with Crippen LogP contribution in [0, 0.1) is 12.8 Å². The van der Waals surface area contributed by atoms with E-state index in [1.165, 1.54) is 11.0 Å². The first-order chi connectivity index (χ1) is 9.40. The number of piperidine rings is 1. The van der Waals surface area contributed by atoms with Gasteiger partial charge in [-0.05, 0) is 43.4 Å². The molecule has 2 rings (SSSR count). The van der Waals surface area contributed by atoms with Gasteiger partial charge < -0.3 is 15.1 Å². The Morgan fingerprint density at radius 2 is 2.05 bits per heavy atom. The maximum absolute atomic E-state index is 12.5. The molecule has 108 valence electrons. The Labute approximate surface area is 117 Å². The number of aliphatic carboxylic acids is 1. The standard InChI is InChI=1S/C15H19NO4/c1-9-3-4-11(13(17)8-9)14(18)16-6-5-10(2)7-12(16)15(19)20/h3-4,8,10,12,17H,5-7H2,1-2H3,(H,19,20). The predicted molar refractivity (Wildman–Crippen MR) is 73.7 cm³/mol. The summed E-state index contributed by atoms with van der Waals surface area (Å²) in [6.07, 6.45) is 1.23. The summed E-state index contributed by atoms with van der Waals surface area (Å²) in [4.78, 5) is 25.1. The van der Waals surface area contributed by atoms with Gasteiger partial charge >= 0.3 is 5.97 Å². The van der Waals surface area contributed by atoms with Gasteiger partial charge in [0.25, 0.3) is 5.91 Å². The SMILES string of the molecule is Cc1ccc(C(=O)N2CCC(C)CC2C(=O)O)c(O)c1. The summed E-state index contributed by atoms with van der Waals surface area (Å²) < 4.78 is 0. The fourth-order valence-corrected chi connectivity index (χ4v) is 2.60. The third-order valence-corrected chi connectivity index (χ3v) is 3.79. The summed E-state index contributed by atoms with van der Waals surface area (Å²) >= 11 is 0. The fraction of sp³-hybridized carbons (Fsp3) is 0.467. The van der Waals surface area contributed by atoms with E-state index in [2.05, 4.69) is 0 Å². The van der Waals surface area contributed by atoms with E-state index < -0.39 is 17.9 Å². The van der Waals surface area contributed by atoms with Crippen molar-refractivity contribution in [3.05, 3.63) is 29.3 Å². The Morgan fingerprint density at radius 3 is 2.65 bits per heavy atom. The van der Waals surface area contributed by atoms with Crippen LogP contribution in [-0.2, 0) is 4.79 Å². The van der Waals surface area contributed by atoms with Crippen molar-refractivity contribution in [1.29, 1.82) is 0 Å². The van der Waals surface area contributed by atoms with E-state index in [0.717, 1.165) is 12.0 Å². The van der Waals surface area contributed by atoms with E-state index >= 15 is 0 Å². The zero-order valence-corrected chi connectivity index (χ0v) is 11.7. The minimum Gasteiger partial charge on any atom is -0.507 e. The second kappa shape index (κ2) is 5.53. The minimum absolute atomic E-state index is 0.0993. The molecule has 1 heterocycles. The number of rotatable bonds is 2. The van der Waals surface area contributed by atoms with Crippen LogP contribution >= 0.6 is 0 Å². The molecule has 1 aliphatic heterocycles. The quantitative estimate of drug-likeness (QED) is 0.867. The molecule has 0 radical (unpaired) electrons. The van der Waals surface area contributed by atoms with Crippen LogP contribution in [0.15, 0.2) is 18.2 Å². The number of hydrogen-bond donors (Lipinski definition) is 2. The van der Waals surface area contributed by atoms with Crippen molar-refractivity contribution in [3.8, 4) is 5.75 Å². The van der Waals surface area contributed by atoms with Gasteiger partial charge in [-0.1, -0.05) is 13.0 Å². The molecule has 1 saturated heterocycles. The highest BCUT2D eigenvalue weighted by molar-refractivity contribution is 5.99. The van der Waals surface area contributed by atoms with Crippen LogP contribution in [0.4, 0.5) is 0 Å². The molecule has 0 aliphatic carbocycles. The molecule has 5 nitrogen and oxygen atoms in total. The maximum atomic E-state index is 12.5. The molecule has 2 N–H and O–H groups in total. The van der Waals surface area contributed by atoms with Crippen molar-refractivity contribution in [3.63, 3.8) is 0 Å². The Balaban J connectivity index is 2.28. The van der Waals surface area contributed by atoms with Crippen LogP contribution in [-0.4, -0.2) is 39.6 Å². The van der Waals surface area contributed by atoms with E-state index in [9.17, 15) is 19.8 Å². The van der Waals surface area contributed by atoms with Crippen LogP contribution in [0.25, 0.3) is 0 Å². The number of nitrogens with zero attached hydrogens (tertiary/aromatic N) is 1. The summed E-state index contributed by atoms with van der Waals surface area (Å²) in [6, 6.07) is 3.97. The molecule has 1 aliphatic rings. The minimum atomic E-state index is -0.989. The number of phenols is 1. The zero-order chi connectivity index (χ0) is 14.9. The maximum Gasteiger partial charge on any atom is 0.326 e. The number of aromatic hydroxyl groups is 1. The molecule has 1 aromatic rings. The van der Waals surface area contributed by atoms with Gasteiger partial charge in [-0.2, -0.15) is 0 Å². The van der Waals surface area contributed by atoms with E-state index in [-0.39, 0.29) is 17.2 Å². The molecule has 20 heavy (non-hydrogen) atoms. The number of hydrogen-bond acceptors (Lipinski definition) is 3. The predicted octanol–water partition coefficient (Wildman–Crippen LogP) is 2.03. The Kier molecular flexibility index (Phi) is 3.97. The highest BCUT2D eigenvalue weighted by Gasteiger charge is 2.35. The molecular weight excluding hydrogens is 258 g/mol. The summed E-state index contributed by atoms with van der Waals surface area (Å²) in [7, 11) is 0. The third kappa shape index (κ3) is 2.76. The number of carbonyl (C=O) groups excluding carboxylic acids is 1. The first-order valence-corrected chi connectivity index (χ1v) is 6.73. The van der Waals surface area contributed by atoms with Crippen LogP contribution < -0.4 is 0 Å². The summed E-state index contributed by atoms with van der Waals surface area (Å²) in [6.45, 7) is 4.21. The number of amides is 1. The van der Waals surface area contributed by atoms with Crippen LogP contribution in [0.1, 0.15) is 35.7 Å². The van der Waals surface area contributed by atoms with Crippen molar-refractivity contribution >= 4 is 11.9 Å². The van der Waals surface area contributed by atoms with Crippen LogP contribution in [0.2, 0.25) is 0 Å². The van der Waals surface area contributed by atoms with Gasteiger partial charge in [0.15, 0.2) is 0 Å². The molecule has 5 heteroatoms. The lowest BCUT2D eigenvalue weighted by Gasteiger charge is -2.36. The first kappa shape index (κ1) is 14.4. The molecular formula is C15H19NO4. The van der Waals surface area contributed by atoms with Gasteiger partial charge in [0.1, 0.15) is 11.8 Å². The molecule has 0 aromatic heterocycles.